The Morgan fingerprint density at radius 1 is 0.897 bits per heavy atom. The number of aromatic nitrogens is 4. The van der Waals surface area contributed by atoms with E-state index in [9.17, 15) is 4.79 Å². The first-order valence-electron chi connectivity index (χ1n) is 9.54. The third kappa shape index (κ3) is 3.82. The van der Waals surface area contributed by atoms with Gasteiger partial charge >= 0.3 is 0 Å². The van der Waals surface area contributed by atoms with Gasteiger partial charge in [0.15, 0.2) is 0 Å². The van der Waals surface area contributed by atoms with E-state index in [0.29, 0.717) is 5.56 Å². The molecule has 0 radical (unpaired) electrons. The minimum atomic E-state index is -0.110. The summed E-state index contributed by atoms with van der Waals surface area (Å²) in [6.07, 6.45) is 3.15. The predicted octanol–water partition coefficient (Wildman–Crippen LogP) is 4.17. The van der Waals surface area contributed by atoms with Crippen LogP contribution < -0.4 is 5.32 Å². The first-order chi connectivity index (χ1) is 14.0. The first-order valence-corrected chi connectivity index (χ1v) is 9.54. The quantitative estimate of drug-likeness (QED) is 0.561. The molecule has 0 aliphatic heterocycles. The summed E-state index contributed by atoms with van der Waals surface area (Å²) in [5.41, 5.74) is 5.99. The minimum absolute atomic E-state index is 0.0923. The van der Waals surface area contributed by atoms with Gasteiger partial charge in [0.2, 0.25) is 0 Å². The summed E-state index contributed by atoms with van der Waals surface area (Å²) in [5, 5.41) is 7.18. The molecule has 1 amide bonds. The highest BCUT2D eigenvalue weighted by molar-refractivity contribution is 5.94. The van der Waals surface area contributed by atoms with Crippen LogP contribution >= 0.6 is 0 Å². The van der Waals surface area contributed by atoms with Gasteiger partial charge in [0.1, 0.15) is 12.7 Å². The fraction of sp³-hybridized carbons (Fsp3) is 0.174. The van der Waals surface area contributed by atoms with Crippen LogP contribution in [-0.4, -0.2) is 25.2 Å². The molecule has 0 fully saturated rings. The standard InChI is InChI=1S/C23H23N5O/c1-16-4-5-17(2)28(16)22-12-8-20(9-13-22)23(29)26-18(3)19-6-10-21(11-7-19)27-15-24-14-25-27/h4-15,18H,1-3H3,(H,26,29)/t18-/m1/s1. The normalized spacial score (nSPS) is 12.0. The van der Waals surface area contributed by atoms with Gasteiger partial charge in [-0.15, -0.1) is 0 Å². The molecule has 4 aromatic rings. The highest BCUT2D eigenvalue weighted by Gasteiger charge is 2.12. The summed E-state index contributed by atoms with van der Waals surface area (Å²) in [5.74, 6) is -0.0923. The lowest BCUT2D eigenvalue weighted by Gasteiger charge is -2.15. The molecule has 6 nitrogen and oxygen atoms in total. The van der Waals surface area contributed by atoms with E-state index < -0.39 is 0 Å². The van der Waals surface area contributed by atoms with E-state index in [-0.39, 0.29) is 11.9 Å². The zero-order valence-electron chi connectivity index (χ0n) is 16.7. The summed E-state index contributed by atoms with van der Waals surface area (Å²) in [6, 6.07) is 19.7. The molecule has 4 rings (SSSR count). The summed E-state index contributed by atoms with van der Waals surface area (Å²) < 4.78 is 3.86. The van der Waals surface area contributed by atoms with E-state index >= 15 is 0 Å². The third-order valence-corrected chi connectivity index (χ3v) is 5.08. The third-order valence-electron chi connectivity index (χ3n) is 5.08. The largest absolute Gasteiger partial charge is 0.346 e. The number of amides is 1. The van der Waals surface area contributed by atoms with E-state index in [1.165, 1.54) is 17.7 Å². The van der Waals surface area contributed by atoms with E-state index in [4.69, 9.17) is 0 Å². The van der Waals surface area contributed by atoms with Gasteiger partial charge in [-0.1, -0.05) is 12.1 Å². The molecule has 1 N–H and O–H groups in total. The second-order valence-electron chi connectivity index (χ2n) is 7.13. The number of nitrogens with one attached hydrogen (secondary N) is 1. The monoisotopic (exact) mass is 385 g/mol. The highest BCUT2D eigenvalue weighted by atomic mass is 16.1. The van der Waals surface area contributed by atoms with Crippen molar-refractivity contribution in [2.75, 3.05) is 0 Å². The van der Waals surface area contributed by atoms with Crippen molar-refractivity contribution in [3.8, 4) is 11.4 Å². The van der Waals surface area contributed by atoms with Crippen LogP contribution in [0.15, 0.2) is 73.3 Å². The van der Waals surface area contributed by atoms with Crippen molar-refractivity contribution in [1.82, 2.24) is 24.6 Å². The Morgan fingerprint density at radius 3 is 2.10 bits per heavy atom. The Balaban J connectivity index is 1.45. The van der Waals surface area contributed by atoms with Crippen LogP contribution in [0.3, 0.4) is 0 Å². The van der Waals surface area contributed by atoms with E-state index in [2.05, 4.69) is 45.9 Å². The molecule has 6 heteroatoms. The lowest BCUT2D eigenvalue weighted by atomic mass is 10.1. The second kappa shape index (κ2) is 7.75. The van der Waals surface area contributed by atoms with Gasteiger partial charge in [-0.2, -0.15) is 5.10 Å². The zero-order valence-corrected chi connectivity index (χ0v) is 16.7. The first kappa shape index (κ1) is 18.7. The maximum atomic E-state index is 12.7. The van der Waals surface area contributed by atoms with Crippen LogP contribution in [0, 0.1) is 13.8 Å². The maximum absolute atomic E-state index is 12.7. The number of hydrogen-bond donors (Lipinski definition) is 1. The minimum Gasteiger partial charge on any atom is -0.346 e. The lowest BCUT2D eigenvalue weighted by Crippen LogP contribution is -2.26. The van der Waals surface area contributed by atoms with Crippen molar-refractivity contribution in [2.45, 2.75) is 26.8 Å². The number of carbonyl (C=O) groups is 1. The van der Waals surface area contributed by atoms with Crippen LogP contribution in [-0.2, 0) is 0 Å². The van der Waals surface area contributed by atoms with Gasteiger partial charge in [-0.3, -0.25) is 4.79 Å². The average Bonchev–Trinajstić information content (AvgIpc) is 3.38. The molecule has 2 aromatic carbocycles. The van der Waals surface area contributed by atoms with Crippen molar-refractivity contribution in [3.05, 3.63) is 95.8 Å². The number of nitrogens with zero attached hydrogens (tertiary/aromatic N) is 4. The van der Waals surface area contributed by atoms with Crippen molar-refractivity contribution in [3.63, 3.8) is 0 Å². The highest BCUT2D eigenvalue weighted by Crippen LogP contribution is 2.19. The molecule has 146 valence electrons. The van der Waals surface area contributed by atoms with Crippen LogP contribution in [0.25, 0.3) is 11.4 Å². The van der Waals surface area contributed by atoms with E-state index in [1.54, 1.807) is 11.0 Å². The number of rotatable bonds is 5. The molecular formula is C23H23N5O. The van der Waals surface area contributed by atoms with Crippen LogP contribution in [0.1, 0.15) is 40.3 Å². The molecule has 2 aromatic heterocycles. The molecule has 0 aliphatic rings. The number of carbonyl (C=O) groups excluding carboxylic acids is 1. The molecule has 0 spiro atoms. The smallest absolute Gasteiger partial charge is 0.251 e. The SMILES string of the molecule is Cc1ccc(C)n1-c1ccc(C(=O)N[C@H](C)c2ccc(-n3cncn3)cc2)cc1. The van der Waals surface area contributed by atoms with E-state index in [0.717, 1.165) is 16.9 Å². The molecule has 0 saturated heterocycles. The molecule has 2 heterocycles. The van der Waals surface area contributed by atoms with Gasteiger partial charge in [0.25, 0.3) is 5.91 Å². The van der Waals surface area contributed by atoms with Crippen molar-refractivity contribution < 1.29 is 4.79 Å². The molecule has 0 unspecified atom stereocenters. The van der Waals surface area contributed by atoms with Crippen LogP contribution in [0.2, 0.25) is 0 Å². The van der Waals surface area contributed by atoms with Gasteiger partial charge in [-0.05, 0) is 74.9 Å². The number of aryl methyl sites for hydroxylation is 2. The zero-order chi connectivity index (χ0) is 20.4. The summed E-state index contributed by atoms with van der Waals surface area (Å²) in [6.45, 7) is 6.12. The van der Waals surface area contributed by atoms with Crippen LogP contribution in [0.5, 0.6) is 0 Å². The molecule has 0 aliphatic carbocycles. The van der Waals surface area contributed by atoms with Gasteiger partial charge in [-0.25, -0.2) is 9.67 Å². The Morgan fingerprint density at radius 2 is 1.52 bits per heavy atom. The molecule has 0 bridgehead atoms. The average molecular weight is 385 g/mol. The van der Waals surface area contributed by atoms with Gasteiger partial charge < -0.3 is 9.88 Å². The molecule has 29 heavy (non-hydrogen) atoms. The van der Waals surface area contributed by atoms with Crippen molar-refractivity contribution in [1.29, 1.82) is 0 Å². The Kier molecular flexibility index (Phi) is 4.99. The molecular weight excluding hydrogens is 362 g/mol. The Labute approximate surface area is 169 Å². The maximum Gasteiger partial charge on any atom is 0.251 e. The number of hydrogen-bond acceptors (Lipinski definition) is 3. The second-order valence-corrected chi connectivity index (χ2v) is 7.13. The van der Waals surface area contributed by atoms with Crippen molar-refractivity contribution in [2.24, 2.45) is 0 Å². The number of benzene rings is 2. The van der Waals surface area contributed by atoms with Gasteiger partial charge in [0.05, 0.1) is 11.7 Å². The molecule has 0 saturated carbocycles. The topological polar surface area (TPSA) is 64.7 Å². The van der Waals surface area contributed by atoms with Crippen LogP contribution in [0.4, 0.5) is 0 Å². The summed E-state index contributed by atoms with van der Waals surface area (Å²) >= 11 is 0. The fourth-order valence-corrected chi connectivity index (χ4v) is 3.46. The lowest BCUT2D eigenvalue weighted by molar-refractivity contribution is 0.0940. The van der Waals surface area contributed by atoms with E-state index in [1.807, 2.05) is 55.5 Å². The Hall–Kier alpha value is -3.67. The summed E-state index contributed by atoms with van der Waals surface area (Å²) in [7, 11) is 0. The Bertz CT molecular complexity index is 1090. The molecule has 1 atom stereocenters. The fourth-order valence-electron chi connectivity index (χ4n) is 3.46. The summed E-state index contributed by atoms with van der Waals surface area (Å²) in [4.78, 5) is 16.6. The van der Waals surface area contributed by atoms with Crippen molar-refractivity contribution >= 4 is 5.91 Å². The van der Waals surface area contributed by atoms with Gasteiger partial charge in [0, 0.05) is 22.6 Å². The predicted molar refractivity (Wildman–Crippen MR) is 112 cm³/mol.